The molecule has 0 aliphatic carbocycles. The van der Waals surface area contributed by atoms with Gasteiger partial charge in [-0.15, -0.1) is 0 Å². The standard InChI is InChI=1S/C10H21NO2/c1-2-11(5-3-6-12)8-10-4-7-13-9-10/h10,12H,2-9H2,1H3. The monoisotopic (exact) mass is 187 g/mol. The second kappa shape index (κ2) is 6.35. The molecule has 1 unspecified atom stereocenters. The van der Waals surface area contributed by atoms with Gasteiger partial charge in [0, 0.05) is 26.3 Å². The lowest BCUT2D eigenvalue weighted by atomic mass is 10.1. The number of hydrogen-bond acceptors (Lipinski definition) is 3. The second-order valence-corrected chi connectivity index (χ2v) is 3.70. The van der Waals surface area contributed by atoms with E-state index in [0.717, 1.165) is 45.2 Å². The fraction of sp³-hybridized carbons (Fsp3) is 1.00. The highest BCUT2D eigenvalue weighted by Gasteiger charge is 2.17. The molecule has 0 radical (unpaired) electrons. The first-order valence-electron chi connectivity index (χ1n) is 5.27. The quantitative estimate of drug-likeness (QED) is 0.665. The Hall–Kier alpha value is -0.120. The zero-order valence-corrected chi connectivity index (χ0v) is 8.54. The lowest BCUT2D eigenvalue weighted by Gasteiger charge is -2.22. The topological polar surface area (TPSA) is 32.7 Å². The van der Waals surface area contributed by atoms with Crippen LogP contribution in [0.2, 0.25) is 0 Å². The van der Waals surface area contributed by atoms with Crippen LogP contribution >= 0.6 is 0 Å². The molecule has 0 amide bonds. The Morgan fingerprint density at radius 2 is 2.38 bits per heavy atom. The van der Waals surface area contributed by atoms with E-state index < -0.39 is 0 Å². The van der Waals surface area contributed by atoms with Crippen LogP contribution in [0.15, 0.2) is 0 Å². The summed E-state index contributed by atoms with van der Waals surface area (Å²) >= 11 is 0. The Balaban J connectivity index is 2.13. The molecular weight excluding hydrogens is 166 g/mol. The van der Waals surface area contributed by atoms with Gasteiger partial charge >= 0.3 is 0 Å². The van der Waals surface area contributed by atoms with Crippen LogP contribution in [-0.2, 0) is 4.74 Å². The van der Waals surface area contributed by atoms with Crippen LogP contribution in [0, 0.1) is 5.92 Å². The highest BCUT2D eigenvalue weighted by molar-refractivity contribution is 4.69. The Morgan fingerprint density at radius 1 is 1.54 bits per heavy atom. The predicted octanol–water partition coefficient (Wildman–Crippen LogP) is 0.727. The van der Waals surface area contributed by atoms with Crippen molar-refractivity contribution in [3.8, 4) is 0 Å². The molecule has 78 valence electrons. The molecule has 0 aromatic rings. The summed E-state index contributed by atoms with van der Waals surface area (Å²) in [5.74, 6) is 0.721. The maximum Gasteiger partial charge on any atom is 0.0507 e. The Labute approximate surface area is 80.7 Å². The Morgan fingerprint density at radius 3 is 2.92 bits per heavy atom. The van der Waals surface area contributed by atoms with E-state index in [1.165, 1.54) is 6.42 Å². The molecule has 1 heterocycles. The Kier molecular flexibility index (Phi) is 5.35. The SMILES string of the molecule is CCN(CCCO)CC1CCOC1. The summed E-state index contributed by atoms with van der Waals surface area (Å²) in [6, 6.07) is 0. The van der Waals surface area contributed by atoms with Crippen molar-refractivity contribution in [3.63, 3.8) is 0 Å². The van der Waals surface area contributed by atoms with Crippen molar-refractivity contribution in [1.82, 2.24) is 4.90 Å². The van der Waals surface area contributed by atoms with E-state index in [4.69, 9.17) is 9.84 Å². The van der Waals surface area contributed by atoms with Gasteiger partial charge in [-0.3, -0.25) is 0 Å². The third kappa shape index (κ3) is 4.07. The average molecular weight is 187 g/mol. The van der Waals surface area contributed by atoms with Crippen LogP contribution in [0.5, 0.6) is 0 Å². The van der Waals surface area contributed by atoms with E-state index in [-0.39, 0.29) is 0 Å². The van der Waals surface area contributed by atoms with Crippen molar-refractivity contribution in [1.29, 1.82) is 0 Å². The van der Waals surface area contributed by atoms with E-state index in [2.05, 4.69) is 11.8 Å². The van der Waals surface area contributed by atoms with Crippen molar-refractivity contribution < 1.29 is 9.84 Å². The molecule has 1 atom stereocenters. The highest BCUT2D eigenvalue weighted by Crippen LogP contribution is 2.13. The van der Waals surface area contributed by atoms with E-state index >= 15 is 0 Å². The largest absolute Gasteiger partial charge is 0.396 e. The number of rotatable bonds is 6. The van der Waals surface area contributed by atoms with Crippen LogP contribution in [0.3, 0.4) is 0 Å². The fourth-order valence-electron chi connectivity index (χ4n) is 1.77. The van der Waals surface area contributed by atoms with Crippen molar-refractivity contribution in [2.45, 2.75) is 19.8 Å². The smallest absolute Gasteiger partial charge is 0.0507 e. The van der Waals surface area contributed by atoms with Crippen molar-refractivity contribution in [3.05, 3.63) is 0 Å². The average Bonchev–Trinajstić information content (AvgIpc) is 2.64. The van der Waals surface area contributed by atoms with Gasteiger partial charge in [0.15, 0.2) is 0 Å². The minimum Gasteiger partial charge on any atom is -0.396 e. The van der Waals surface area contributed by atoms with E-state index in [0.29, 0.717) is 6.61 Å². The van der Waals surface area contributed by atoms with E-state index in [1.807, 2.05) is 0 Å². The molecule has 0 aromatic carbocycles. The molecule has 3 nitrogen and oxygen atoms in total. The lowest BCUT2D eigenvalue weighted by Crippen LogP contribution is -2.31. The van der Waals surface area contributed by atoms with Gasteiger partial charge in [0.05, 0.1) is 6.61 Å². The summed E-state index contributed by atoms with van der Waals surface area (Å²) < 4.78 is 5.33. The summed E-state index contributed by atoms with van der Waals surface area (Å²) in [6.45, 7) is 7.57. The maximum absolute atomic E-state index is 8.72. The third-order valence-electron chi connectivity index (χ3n) is 2.62. The lowest BCUT2D eigenvalue weighted by molar-refractivity contribution is 0.164. The first-order chi connectivity index (χ1) is 6.36. The number of hydrogen-bond donors (Lipinski definition) is 1. The minimum absolute atomic E-state index is 0.303. The van der Waals surface area contributed by atoms with Crippen LogP contribution in [0.4, 0.5) is 0 Å². The first-order valence-corrected chi connectivity index (χ1v) is 5.27. The molecule has 1 saturated heterocycles. The third-order valence-corrected chi connectivity index (χ3v) is 2.62. The van der Waals surface area contributed by atoms with Gasteiger partial charge in [0.25, 0.3) is 0 Å². The fourth-order valence-corrected chi connectivity index (χ4v) is 1.77. The van der Waals surface area contributed by atoms with Gasteiger partial charge in [-0.2, -0.15) is 0 Å². The van der Waals surface area contributed by atoms with Gasteiger partial charge in [-0.1, -0.05) is 6.92 Å². The van der Waals surface area contributed by atoms with Crippen molar-refractivity contribution in [2.24, 2.45) is 5.92 Å². The van der Waals surface area contributed by atoms with Gasteiger partial charge in [0.1, 0.15) is 0 Å². The molecule has 0 aromatic heterocycles. The summed E-state index contributed by atoms with van der Waals surface area (Å²) in [7, 11) is 0. The molecule has 1 rings (SSSR count). The summed E-state index contributed by atoms with van der Waals surface area (Å²) in [5.41, 5.74) is 0. The van der Waals surface area contributed by atoms with Crippen LogP contribution in [-0.4, -0.2) is 49.5 Å². The molecule has 1 aliphatic rings. The molecule has 1 fully saturated rings. The van der Waals surface area contributed by atoms with E-state index in [9.17, 15) is 0 Å². The number of aliphatic hydroxyl groups is 1. The van der Waals surface area contributed by atoms with Crippen LogP contribution in [0.1, 0.15) is 19.8 Å². The molecule has 3 heteroatoms. The molecular formula is C10H21NO2. The predicted molar refractivity (Wildman–Crippen MR) is 52.7 cm³/mol. The van der Waals surface area contributed by atoms with Crippen molar-refractivity contribution in [2.75, 3.05) is 39.5 Å². The molecule has 13 heavy (non-hydrogen) atoms. The molecule has 1 aliphatic heterocycles. The maximum atomic E-state index is 8.72. The van der Waals surface area contributed by atoms with Gasteiger partial charge < -0.3 is 14.7 Å². The van der Waals surface area contributed by atoms with Crippen molar-refractivity contribution >= 4 is 0 Å². The van der Waals surface area contributed by atoms with Gasteiger partial charge in [-0.25, -0.2) is 0 Å². The number of aliphatic hydroxyl groups excluding tert-OH is 1. The summed E-state index contributed by atoms with van der Waals surface area (Å²) in [6.07, 6.45) is 2.09. The highest BCUT2D eigenvalue weighted by atomic mass is 16.5. The van der Waals surface area contributed by atoms with E-state index in [1.54, 1.807) is 0 Å². The summed E-state index contributed by atoms with van der Waals surface area (Å²) in [5, 5.41) is 8.72. The number of nitrogens with zero attached hydrogens (tertiary/aromatic N) is 1. The molecule has 0 saturated carbocycles. The second-order valence-electron chi connectivity index (χ2n) is 3.70. The number of ether oxygens (including phenoxy) is 1. The Bertz CT molecular complexity index is 124. The van der Waals surface area contributed by atoms with Gasteiger partial charge in [-0.05, 0) is 25.3 Å². The first kappa shape index (κ1) is 11.0. The van der Waals surface area contributed by atoms with Crippen LogP contribution in [0.25, 0.3) is 0 Å². The molecule has 0 spiro atoms. The summed E-state index contributed by atoms with van der Waals surface area (Å²) in [4.78, 5) is 2.40. The zero-order chi connectivity index (χ0) is 9.52. The van der Waals surface area contributed by atoms with Crippen LogP contribution < -0.4 is 0 Å². The van der Waals surface area contributed by atoms with Gasteiger partial charge in [0.2, 0.25) is 0 Å². The minimum atomic E-state index is 0.303. The zero-order valence-electron chi connectivity index (χ0n) is 8.54. The molecule has 0 bridgehead atoms. The molecule has 1 N–H and O–H groups in total. The normalized spacial score (nSPS) is 22.8.